The summed E-state index contributed by atoms with van der Waals surface area (Å²) in [7, 11) is 4.00. The third-order valence-electron chi connectivity index (χ3n) is 5.60. The second-order valence-corrected chi connectivity index (χ2v) is 8.10. The lowest BCUT2D eigenvalue weighted by Gasteiger charge is -2.23. The summed E-state index contributed by atoms with van der Waals surface area (Å²) in [6, 6.07) is 45.0. The van der Waals surface area contributed by atoms with E-state index in [1.165, 1.54) is 44.5 Å². The molecule has 0 bridgehead atoms. The standard InChI is InChI=1S/C30H21Si/c31-27-21-26(22-13-5-1-6-14-22)28(23-15-7-2-8-16-23)30(25-19-11-4-12-20-25)29(27)24-17-9-3-10-18-24/h1-21H. The molecule has 0 heterocycles. The van der Waals surface area contributed by atoms with Crippen LogP contribution in [-0.4, -0.2) is 10.2 Å². The topological polar surface area (TPSA) is 0 Å². The molecule has 5 aromatic carbocycles. The van der Waals surface area contributed by atoms with E-state index in [1.807, 2.05) is 0 Å². The average Bonchev–Trinajstić information content (AvgIpc) is 2.85. The van der Waals surface area contributed by atoms with E-state index in [0.717, 1.165) is 5.19 Å². The van der Waals surface area contributed by atoms with Gasteiger partial charge in [-0.25, -0.2) is 0 Å². The molecule has 3 radical (unpaired) electrons. The van der Waals surface area contributed by atoms with Crippen LogP contribution in [0.5, 0.6) is 0 Å². The first-order chi connectivity index (χ1) is 15.3. The van der Waals surface area contributed by atoms with Crippen LogP contribution in [0.2, 0.25) is 0 Å². The van der Waals surface area contributed by atoms with Gasteiger partial charge in [-0.2, -0.15) is 0 Å². The molecule has 0 amide bonds. The number of hydrogen-bond acceptors (Lipinski definition) is 0. The van der Waals surface area contributed by atoms with E-state index >= 15 is 0 Å². The fourth-order valence-corrected chi connectivity index (χ4v) is 4.64. The summed E-state index contributed by atoms with van der Waals surface area (Å²) < 4.78 is 0. The zero-order chi connectivity index (χ0) is 21.0. The van der Waals surface area contributed by atoms with E-state index < -0.39 is 0 Å². The van der Waals surface area contributed by atoms with Crippen molar-refractivity contribution >= 4 is 15.4 Å². The van der Waals surface area contributed by atoms with Crippen molar-refractivity contribution in [2.45, 2.75) is 0 Å². The van der Waals surface area contributed by atoms with Crippen molar-refractivity contribution < 1.29 is 0 Å². The minimum atomic E-state index is 1.09. The zero-order valence-electron chi connectivity index (χ0n) is 17.1. The predicted molar refractivity (Wildman–Crippen MR) is 134 cm³/mol. The molecule has 0 spiro atoms. The quantitative estimate of drug-likeness (QED) is 0.277. The van der Waals surface area contributed by atoms with Gasteiger partial charge in [0.15, 0.2) is 0 Å². The van der Waals surface area contributed by atoms with Gasteiger partial charge in [-0.15, -0.1) is 0 Å². The maximum atomic E-state index is 4.00. The van der Waals surface area contributed by atoms with E-state index in [0.29, 0.717) is 0 Å². The summed E-state index contributed by atoms with van der Waals surface area (Å²) in [5.74, 6) is 0. The number of hydrogen-bond donors (Lipinski definition) is 0. The molecule has 0 atom stereocenters. The molecule has 0 fully saturated rings. The first kappa shape index (κ1) is 19.3. The summed E-state index contributed by atoms with van der Waals surface area (Å²) in [6.07, 6.45) is 0. The summed E-state index contributed by atoms with van der Waals surface area (Å²) in [5.41, 5.74) is 9.74. The van der Waals surface area contributed by atoms with Gasteiger partial charge in [-0.1, -0.05) is 133 Å². The van der Waals surface area contributed by atoms with Gasteiger partial charge in [0.25, 0.3) is 0 Å². The van der Waals surface area contributed by atoms with Gasteiger partial charge in [-0.3, -0.25) is 0 Å². The van der Waals surface area contributed by atoms with E-state index in [-0.39, 0.29) is 0 Å². The van der Waals surface area contributed by atoms with Gasteiger partial charge < -0.3 is 0 Å². The van der Waals surface area contributed by atoms with Crippen LogP contribution in [0.1, 0.15) is 0 Å². The Morgan fingerprint density at radius 3 is 1.16 bits per heavy atom. The van der Waals surface area contributed by atoms with Crippen LogP contribution < -0.4 is 5.19 Å². The fraction of sp³-hybridized carbons (Fsp3) is 0. The van der Waals surface area contributed by atoms with Gasteiger partial charge in [-0.05, 0) is 44.5 Å². The highest BCUT2D eigenvalue weighted by molar-refractivity contribution is 6.38. The van der Waals surface area contributed by atoms with Crippen LogP contribution in [0.3, 0.4) is 0 Å². The highest BCUT2D eigenvalue weighted by Gasteiger charge is 2.20. The van der Waals surface area contributed by atoms with Gasteiger partial charge in [0.05, 0.1) is 10.2 Å². The molecule has 5 rings (SSSR count). The Balaban J connectivity index is 1.95. The van der Waals surface area contributed by atoms with Crippen molar-refractivity contribution in [2.75, 3.05) is 0 Å². The van der Waals surface area contributed by atoms with Gasteiger partial charge in [0.1, 0.15) is 0 Å². The Hall–Kier alpha value is -3.68. The third-order valence-corrected chi connectivity index (χ3v) is 5.99. The van der Waals surface area contributed by atoms with Gasteiger partial charge >= 0.3 is 0 Å². The normalized spacial score (nSPS) is 10.7. The van der Waals surface area contributed by atoms with Gasteiger partial charge in [0, 0.05) is 0 Å². The first-order valence-corrected chi connectivity index (χ1v) is 11.0. The molecule has 0 aliphatic carbocycles. The molecule has 0 saturated heterocycles. The molecule has 0 N–H and O–H groups in total. The first-order valence-electron chi connectivity index (χ1n) is 10.5. The Labute approximate surface area is 187 Å². The Bertz CT molecular complexity index is 1290. The van der Waals surface area contributed by atoms with E-state index in [9.17, 15) is 0 Å². The molecule has 0 nitrogen and oxygen atoms in total. The van der Waals surface area contributed by atoms with Crippen LogP contribution in [-0.2, 0) is 0 Å². The number of rotatable bonds is 4. The highest BCUT2D eigenvalue weighted by Crippen LogP contribution is 2.44. The maximum Gasteiger partial charge on any atom is 0.0721 e. The average molecular weight is 410 g/mol. The second kappa shape index (κ2) is 8.59. The van der Waals surface area contributed by atoms with Gasteiger partial charge in [0.2, 0.25) is 0 Å². The van der Waals surface area contributed by atoms with Crippen molar-refractivity contribution in [1.29, 1.82) is 0 Å². The Morgan fingerprint density at radius 2 is 0.710 bits per heavy atom. The van der Waals surface area contributed by atoms with Crippen molar-refractivity contribution in [1.82, 2.24) is 0 Å². The summed E-state index contributed by atoms with van der Waals surface area (Å²) in [6.45, 7) is 0. The summed E-state index contributed by atoms with van der Waals surface area (Å²) in [5, 5.41) is 1.09. The largest absolute Gasteiger partial charge is 0.0721 e. The summed E-state index contributed by atoms with van der Waals surface area (Å²) in [4.78, 5) is 0. The van der Waals surface area contributed by atoms with Crippen LogP contribution in [0.25, 0.3) is 44.5 Å². The Morgan fingerprint density at radius 1 is 0.355 bits per heavy atom. The van der Waals surface area contributed by atoms with Crippen LogP contribution >= 0.6 is 0 Å². The van der Waals surface area contributed by atoms with Crippen molar-refractivity contribution in [3.8, 4) is 44.5 Å². The van der Waals surface area contributed by atoms with Crippen molar-refractivity contribution in [2.24, 2.45) is 0 Å². The van der Waals surface area contributed by atoms with E-state index in [1.54, 1.807) is 0 Å². The molecule has 5 aromatic rings. The SMILES string of the molecule is [Si]c1cc(-c2ccccc2)c(-c2ccccc2)c(-c2ccccc2)c1-c1ccccc1. The molecule has 1 heteroatoms. The molecule has 145 valence electrons. The van der Waals surface area contributed by atoms with E-state index in [2.05, 4.69) is 138 Å². The van der Waals surface area contributed by atoms with Crippen molar-refractivity contribution in [3.63, 3.8) is 0 Å². The van der Waals surface area contributed by atoms with Crippen molar-refractivity contribution in [3.05, 3.63) is 127 Å². The minimum Gasteiger partial charge on any atom is -0.0622 e. The van der Waals surface area contributed by atoms with Crippen LogP contribution in [0, 0.1) is 0 Å². The predicted octanol–water partition coefficient (Wildman–Crippen LogP) is 7.15. The van der Waals surface area contributed by atoms with Crippen LogP contribution in [0.4, 0.5) is 0 Å². The lowest BCUT2D eigenvalue weighted by atomic mass is 9.83. The molecule has 0 aliphatic heterocycles. The number of benzene rings is 5. The minimum absolute atomic E-state index is 1.09. The fourth-order valence-electron chi connectivity index (χ4n) is 4.23. The molecule has 0 saturated carbocycles. The smallest absolute Gasteiger partial charge is 0.0622 e. The van der Waals surface area contributed by atoms with Crippen LogP contribution in [0.15, 0.2) is 127 Å². The summed E-state index contributed by atoms with van der Waals surface area (Å²) >= 11 is 0. The monoisotopic (exact) mass is 409 g/mol. The lowest BCUT2D eigenvalue weighted by Crippen LogP contribution is -2.11. The lowest BCUT2D eigenvalue weighted by molar-refractivity contribution is 1.56. The second-order valence-electron chi connectivity index (χ2n) is 7.56. The molecule has 0 aromatic heterocycles. The molecule has 31 heavy (non-hydrogen) atoms. The maximum absolute atomic E-state index is 4.00. The van der Waals surface area contributed by atoms with E-state index in [4.69, 9.17) is 0 Å². The molecule has 0 unspecified atom stereocenters. The third kappa shape index (κ3) is 3.76. The molecule has 0 aliphatic rings. The zero-order valence-corrected chi connectivity index (χ0v) is 18.1. The Kier molecular flexibility index (Phi) is 5.34. The highest BCUT2D eigenvalue weighted by atomic mass is 28.1. The molecular formula is C30H21Si. The molecular weight excluding hydrogens is 388 g/mol.